The number of hydrogen-bond donors (Lipinski definition) is 2. The number of nitrogens with zero attached hydrogens (tertiary/aromatic N) is 1. The van der Waals surface area contributed by atoms with Crippen LogP contribution in [0.5, 0.6) is 0 Å². The van der Waals surface area contributed by atoms with Crippen LogP contribution in [0.3, 0.4) is 0 Å². The number of rotatable bonds is 7. The van der Waals surface area contributed by atoms with E-state index in [9.17, 15) is 9.90 Å². The summed E-state index contributed by atoms with van der Waals surface area (Å²) in [5.74, 6) is -0.00547. The van der Waals surface area contributed by atoms with E-state index in [0.717, 1.165) is 10.6 Å². The molecule has 1 rings (SSSR count). The zero-order chi connectivity index (χ0) is 15.2. The Kier molecular flexibility index (Phi) is 6.52. The van der Waals surface area contributed by atoms with Gasteiger partial charge in [-0.3, -0.25) is 4.79 Å². The van der Waals surface area contributed by atoms with Gasteiger partial charge in [0.15, 0.2) is 0 Å². The normalized spacial score (nSPS) is 11.7. The van der Waals surface area contributed by atoms with Gasteiger partial charge in [0.05, 0.1) is 11.3 Å². The lowest BCUT2D eigenvalue weighted by atomic mass is 10.1. The predicted molar refractivity (Wildman–Crippen MR) is 85.3 cm³/mol. The van der Waals surface area contributed by atoms with Crippen molar-refractivity contribution in [2.75, 3.05) is 31.7 Å². The fraction of sp³-hybridized carbons (Fsp3) is 0.533. The SMILES string of the molecule is CSc1ccccc1NC(=O)CCN(C)CC(C)(C)O. The summed E-state index contributed by atoms with van der Waals surface area (Å²) < 4.78 is 0. The molecule has 0 aliphatic rings. The second-order valence-corrected chi connectivity index (χ2v) is 6.40. The first-order valence-corrected chi connectivity index (χ1v) is 7.88. The number of thioether (sulfide) groups is 1. The number of carbonyl (C=O) groups excluding carboxylic acids is 1. The molecule has 0 aliphatic heterocycles. The van der Waals surface area contributed by atoms with Gasteiger partial charge in [-0.15, -0.1) is 11.8 Å². The highest BCUT2D eigenvalue weighted by atomic mass is 32.2. The van der Waals surface area contributed by atoms with E-state index in [1.807, 2.05) is 42.5 Å². The molecule has 0 atom stereocenters. The molecule has 0 saturated carbocycles. The van der Waals surface area contributed by atoms with Crippen molar-refractivity contribution in [1.82, 2.24) is 4.90 Å². The maximum Gasteiger partial charge on any atom is 0.225 e. The van der Waals surface area contributed by atoms with Gasteiger partial charge in [-0.1, -0.05) is 12.1 Å². The number of hydrogen-bond acceptors (Lipinski definition) is 4. The van der Waals surface area contributed by atoms with Gasteiger partial charge in [-0.25, -0.2) is 0 Å². The van der Waals surface area contributed by atoms with Gasteiger partial charge in [-0.2, -0.15) is 0 Å². The zero-order valence-electron chi connectivity index (χ0n) is 12.6. The smallest absolute Gasteiger partial charge is 0.225 e. The number of amides is 1. The number of benzene rings is 1. The zero-order valence-corrected chi connectivity index (χ0v) is 13.5. The molecule has 5 heteroatoms. The minimum absolute atomic E-state index is 0.00547. The first-order valence-electron chi connectivity index (χ1n) is 6.65. The third-order valence-corrected chi connectivity index (χ3v) is 3.55. The van der Waals surface area contributed by atoms with Gasteiger partial charge in [0.1, 0.15) is 0 Å². The average molecular weight is 296 g/mol. The van der Waals surface area contributed by atoms with E-state index in [1.165, 1.54) is 0 Å². The van der Waals surface area contributed by atoms with Gasteiger partial charge < -0.3 is 15.3 Å². The number of carbonyl (C=O) groups is 1. The predicted octanol–water partition coefficient (Wildman–Crippen LogP) is 2.44. The van der Waals surface area contributed by atoms with Crippen molar-refractivity contribution in [3.8, 4) is 0 Å². The summed E-state index contributed by atoms with van der Waals surface area (Å²) in [6.45, 7) is 4.69. The summed E-state index contributed by atoms with van der Waals surface area (Å²) >= 11 is 1.61. The average Bonchev–Trinajstić information content (AvgIpc) is 2.35. The Balaban J connectivity index is 2.44. The summed E-state index contributed by atoms with van der Waals surface area (Å²) in [5, 5.41) is 12.6. The van der Waals surface area contributed by atoms with Crippen molar-refractivity contribution in [2.24, 2.45) is 0 Å². The van der Waals surface area contributed by atoms with Crippen LogP contribution >= 0.6 is 11.8 Å². The van der Waals surface area contributed by atoms with Gasteiger partial charge in [-0.05, 0) is 39.3 Å². The van der Waals surface area contributed by atoms with E-state index in [1.54, 1.807) is 25.6 Å². The summed E-state index contributed by atoms with van der Waals surface area (Å²) in [6, 6.07) is 7.76. The summed E-state index contributed by atoms with van der Waals surface area (Å²) in [7, 11) is 1.90. The van der Waals surface area contributed by atoms with E-state index < -0.39 is 5.60 Å². The fourth-order valence-electron chi connectivity index (χ4n) is 1.99. The van der Waals surface area contributed by atoms with Crippen molar-refractivity contribution < 1.29 is 9.90 Å². The van der Waals surface area contributed by atoms with E-state index >= 15 is 0 Å². The Morgan fingerprint density at radius 3 is 2.65 bits per heavy atom. The highest BCUT2D eigenvalue weighted by Gasteiger charge is 2.16. The van der Waals surface area contributed by atoms with Gasteiger partial charge >= 0.3 is 0 Å². The number of anilines is 1. The summed E-state index contributed by atoms with van der Waals surface area (Å²) in [6.07, 6.45) is 2.40. The van der Waals surface area contributed by atoms with Crippen molar-refractivity contribution in [3.63, 3.8) is 0 Å². The van der Waals surface area contributed by atoms with E-state index in [2.05, 4.69) is 5.32 Å². The quantitative estimate of drug-likeness (QED) is 0.759. The molecule has 1 aromatic carbocycles. The minimum Gasteiger partial charge on any atom is -0.389 e. The van der Waals surface area contributed by atoms with E-state index in [0.29, 0.717) is 19.5 Å². The molecule has 4 nitrogen and oxygen atoms in total. The highest BCUT2D eigenvalue weighted by Crippen LogP contribution is 2.24. The van der Waals surface area contributed by atoms with Crippen LogP contribution in [-0.2, 0) is 4.79 Å². The Morgan fingerprint density at radius 1 is 1.40 bits per heavy atom. The van der Waals surface area contributed by atoms with Crippen molar-refractivity contribution in [1.29, 1.82) is 0 Å². The highest BCUT2D eigenvalue weighted by molar-refractivity contribution is 7.98. The molecule has 1 amide bonds. The molecule has 0 saturated heterocycles. The molecule has 0 aliphatic carbocycles. The molecular weight excluding hydrogens is 272 g/mol. The monoisotopic (exact) mass is 296 g/mol. The molecule has 1 aromatic rings. The topological polar surface area (TPSA) is 52.6 Å². The van der Waals surface area contributed by atoms with Crippen molar-refractivity contribution in [3.05, 3.63) is 24.3 Å². The lowest BCUT2D eigenvalue weighted by Gasteiger charge is -2.25. The van der Waals surface area contributed by atoms with E-state index in [-0.39, 0.29) is 5.91 Å². The van der Waals surface area contributed by atoms with E-state index in [4.69, 9.17) is 0 Å². The molecule has 112 valence electrons. The third-order valence-electron chi connectivity index (χ3n) is 2.76. The minimum atomic E-state index is -0.739. The van der Waals surface area contributed by atoms with Crippen LogP contribution < -0.4 is 5.32 Å². The first-order chi connectivity index (χ1) is 9.31. The second kappa shape index (κ2) is 7.67. The molecule has 0 unspecified atom stereocenters. The number of likely N-dealkylation sites (N-methyl/N-ethyl adjacent to an activating group) is 1. The summed E-state index contributed by atoms with van der Waals surface area (Å²) in [4.78, 5) is 15.0. The van der Waals surface area contributed by atoms with Crippen LogP contribution in [0, 0.1) is 0 Å². The molecule has 0 fully saturated rings. The molecule has 0 aromatic heterocycles. The third kappa shape index (κ3) is 6.41. The Hall–Kier alpha value is -1.04. The van der Waals surface area contributed by atoms with Gasteiger partial charge in [0.25, 0.3) is 0 Å². The lowest BCUT2D eigenvalue weighted by Crippen LogP contribution is -2.37. The number of aliphatic hydroxyl groups is 1. The Bertz CT molecular complexity index is 444. The van der Waals surface area contributed by atoms with Crippen LogP contribution in [0.15, 0.2) is 29.2 Å². The Morgan fingerprint density at radius 2 is 2.05 bits per heavy atom. The largest absolute Gasteiger partial charge is 0.389 e. The van der Waals surface area contributed by atoms with Crippen molar-refractivity contribution in [2.45, 2.75) is 30.8 Å². The Labute approximate surface area is 125 Å². The first kappa shape index (κ1) is 17.0. The molecule has 20 heavy (non-hydrogen) atoms. The van der Waals surface area contributed by atoms with Crippen LogP contribution in [0.4, 0.5) is 5.69 Å². The van der Waals surface area contributed by atoms with Crippen LogP contribution in [0.25, 0.3) is 0 Å². The molecule has 0 heterocycles. The molecule has 2 N–H and O–H groups in total. The number of para-hydroxylation sites is 1. The summed E-state index contributed by atoms with van der Waals surface area (Å²) in [5.41, 5.74) is 0.117. The molecule has 0 spiro atoms. The molecule has 0 radical (unpaired) electrons. The molecular formula is C15H24N2O2S. The van der Waals surface area contributed by atoms with Gasteiger partial charge in [0.2, 0.25) is 5.91 Å². The maximum atomic E-state index is 11.9. The lowest BCUT2D eigenvalue weighted by molar-refractivity contribution is -0.116. The number of nitrogens with one attached hydrogen (secondary N) is 1. The second-order valence-electron chi connectivity index (χ2n) is 5.55. The van der Waals surface area contributed by atoms with Crippen LogP contribution in [0.1, 0.15) is 20.3 Å². The van der Waals surface area contributed by atoms with Crippen LogP contribution in [0.2, 0.25) is 0 Å². The van der Waals surface area contributed by atoms with Crippen molar-refractivity contribution >= 4 is 23.4 Å². The standard InChI is InChI=1S/C15H24N2O2S/c1-15(2,19)11-17(3)10-9-14(18)16-12-7-5-6-8-13(12)20-4/h5-8,19H,9-11H2,1-4H3,(H,16,18). The maximum absolute atomic E-state index is 11.9. The van der Waals surface area contributed by atoms with Crippen LogP contribution in [-0.4, -0.2) is 47.9 Å². The van der Waals surface area contributed by atoms with Gasteiger partial charge in [0, 0.05) is 24.4 Å². The molecule has 0 bridgehead atoms. The fourth-order valence-corrected chi connectivity index (χ4v) is 2.55.